The molecule has 2 saturated heterocycles. The first-order valence-electron chi connectivity index (χ1n) is 7.88. The van der Waals surface area contributed by atoms with Gasteiger partial charge in [-0.2, -0.15) is 0 Å². The van der Waals surface area contributed by atoms with E-state index in [1.165, 1.54) is 12.8 Å². The average molecular weight is 282 g/mol. The fraction of sp³-hybridized carbons (Fsp3) is 0.867. The van der Waals surface area contributed by atoms with Gasteiger partial charge in [-0.25, -0.2) is 4.79 Å². The Bertz CT molecular complexity index is 359. The molecule has 0 saturated carbocycles. The molecule has 1 N–H and O–H groups in total. The minimum atomic E-state index is -0.807. The summed E-state index contributed by atoms with van der Waals surface area (Å²) in [6.45, 7) is 3.63. The molecule has 5 heteroatoms. The fourth-order valence-electron chi connectivity index (χ4n) is 3.39. The molecule has 0 aromatic carbocycles. The van der Waals surface area contributed by atoms with Crippen molar-refractivity contribution in [2.24, 2.45) is 0 Å². The summed E-state index contributed by atoms with van der Waals surface area (Å²) in [4.78, 5) is 27.5. The third-order valence-corrected chi connectivity index (χ3v) is 4.58. The Morgan fingerprint density at radius 3 is 2.40 bits per heavy atom. The van der Waals surface area contributed by atoms with Gasteiger partial charge >= 0.3 is 12.0 Å². The molecule has 5 nitrogen and oxygen atoms in total. The molecule has 2 unspecified atom stereocenters. The molecule has 2 atom stereocenters. The lowest BCUT2D eigenvalue weighted by atomic mass is 9.99. The second-order valence-electron chi connectivity index (χ2n) is 6.12. The van der Waals surface area contributed by atoms with E-state index in [0.717, 1.165) is 38.6 Å². The molecule has 0 radical (unpaired) electrons. The molecule has 20 heavy (non-hydrogen) atoms. The zero-order valence-corrected chi connectivity index (χ0v) is 12.4. The number of aliphatic carboxylic acids is 1. The number of rotatable bonds is 2. The number of nitrogens with zero attached hydrogens (tertiary/aromatic N) is 2. The third kappa shape index (κ3) is 3.64. The van der Waals surface area contributed by atoms with Gasteiger partial charge in [0.05, 0.1) is 6.42 Å². The number of urea groups is 1. The van der Waals surface area contributed by atoms with Gasteiger partial charge in [-0.05, 0) is 39.0 Å². The van der Waals surface area contributed by atoms with E-state index in [1.807, 2.05) is 9.80 Å². The Morgan fingerprint density at radius 2 is 1.65 bits per heavy atom. The van der Waals surface area contributed by atoms with Gasteiger partial charge in [-0.1, -0.05) is 12.8 Å². The van der Waals surface area contributed by atoms with E-state index < -0.39 is 5.97 Å². The number of carbonyl (C=O) groups is 2. The van der Waals surface area contributed by atoms with E-state index >= 15 is 0 Å². The summed E-state index contributed by atoms with van der Waals surface area (Å²) in [5.41, 5.74) is 0. The number of hydrogen-bond acceptors (Lipinski definition) is 2. The van der Waals surface area contributed by atoms with Crippen molar-refractivity contribution >= 4 is 12.0 Å². The van der Waals surface area contributed by atoms with Crippen molar-refractivity contribution in [1.82, 2.24) is 9.80 Å². The second-order valence-corrected chi connectivity index (χ2v) is 6.12. The van der Waals surface area contributed by atoms with Crippen LogP contribution in [0.1, 0.15) is 58.3 Å². The Labute approximate surface area is 120 Å². The average Bonchev–Trinajstić information content (AvgIpc) is 2.62. The SMILES string of the molecule is CC1CCCCCN1C(=O)N1CCCCC1CC(=O)O. The maximum atomic E-state index is 12.8. The lowest BCUT2D eigenvalue weighted by molar-refractivity contribution is -0.138. The molecule has 0 aromatic heterocycles. The Balaban J connectivity index is 2.05. The van der Waals surface area contributed by atoms with Gasteiger partial charge in [0.1, 0.15) is 0 Å². The summed E-state index contributed by atoms with van der Waals surface area (Å²) in [6.07, 6.45) is 7.41. The maximum Gasteiger partial charge on any atom is 0.320 e. The van der Waals surface area contributed by atoms with Gasteiger partial charge in [0.15, 0.2) is 0 Å². The molecule has 0 aromatic rings. The van der Waals surface area contributed by atoms with Gasteiger partial charge in [-0.15, -0.1) is 0 Å². The highest BCUT2D eigenvalue weighted by Gasteiger charge is 2.33. The molecule has 2 aliphatic rings. The minimum absolute atomic E-state index is 0.0605. The largest absolute Gasteiger partial charge is 0.481 e. The second kappa shape index (κ2) is 6.95. The van der Waals surface area contributed by atoms with Crippen molar-refractivity contribution in [1.29, 1.82) is 0 Å². The molecule has 0 bridgehead atoms. The van der Waals surface area contributed by atoms with E-state index in [4.69, 9.17) is 5.11 Å². The summed E-state index contributed by atoms with van der Waals surface area (Å²) in [5.74, 6) is -0.807. The highest BCUT2D eigenvalue weighted by Crippen LogP contribution is 2.24. The van der Waals surface area contributed by atoms with E-state index in [-0.39, 0.29) is 24.5 Å². The summed E-state index contributed by atoms with van der Waals surface area (Å²) < 4.78 is 0. The first-order valence-corrected chi connectivity index (χ1v) is 7.88. The third-order valence-electron chi connectivity index (χ3n) is 4.58. The number of carboxylic acid groups (broad SMARTS) is 1. The molecule has 0 spiro atoms. The van der Waals surface area contributed by atoms with Crippen LogP contribution < -0.4 is 0 Å². The van der Waals surface area contributed by atoms with E-state index in [1.54, 1.807) is 0 Å². The topological polar surface area (TPSA) is 60.9 Å². The standard InChI is InChI=1S/C15H26N2O3/c1-12-7-3-2-5-9-16(12)15(20)17-10-6-4-8-13(17)11-14(18)19/h12-13H,2-11H2,1H3,(H,18,19). The predicted octanol–water partition coefficient (Wildman–Crippen LogP) is 2.70. The van der Waals surface area contributed by atoms with E-state index in [0.29, 0.717) is 6.54 Å². The molecule has 2 heterocycles. The van der Waals surface area contributed by atoms with Crippen molar-refractivity contribution in [3.8, 4) is 0 Å². The molecule has 2 aliphatic heterocycles. The Hall–Kier alpha value is -1.26. The molecule has 114 valence electrons. The summed E-state index contributed by atoms with van der Waals surface area (Å²) in [6, 6.07) is 0.215. The zero-order valence-electron chi connectivity index (χ0n) is 12.4. The first kappa shape index (κ1) is 15.1. The smallest absolute Gasteiger partial charge is 0.320 e. The molecule has 2 fully saturated rings. The molecule has 2 rings (SSSR count). The Morgan fingerprint density at radius 1 is 1.00 bits per heavy atom. The quantitative estimate of drug-likeness (QED) is 0.847. The van der Waals surface area contributed by atoms with Gasteiger partial charge in [0.2, 0.25) is 0 Å². The van der Waals surface area contributed by atoms with Crippen LogP contribution in [0.4, 0.5) is 4.79 Å². The summed E-state index contributed by atoms with van der Waals surface area (Å²) in [7, 11) is 0. The van der Waals surface area contributed by atoms with Crippen LogP contribution in [0.2, 0.25) is 0 Å². The molecule has 0 aliphatic carbocycles. The predicted molar refractivity (Wildman–Crippen MR) is 76.6 cm³/mol. The monoisotopic (exact) mass is 282 g/mol. The van der Waals surface area contributed by atoms with Crippen LogP contribution >= 0.6 is 0 Å². The van der Waals surface area contributed by atoms with Crippen molar-refractivity contribution in [2.75, 3.05) is 13.1 Å². The number of hydrogen-bond donors (Lipinski definition) is 1. The number of amides is 2. The van der Waals surface area contributed by atoms with Gasteiger partial charge in [0.25, 0.3) is 0 Å². The van der Waals surface area contributed by atoms with Crippen molar-refractivity contribution in [3.63, 3.8) is 0 Å². The van der Waals surface area contributed by atoms with Crippen LogP contribution in [0.5, 0.6) is 0 Å². The van der Waals surface area contributed by atoms with Crippen molar-refractivity contribution in [3.05, 3.63) is 0 Å². The normalized spacial score (nSPS) is 28.1. The Kier molecular flexibility index (Phi) is 5.26. The van der Waals surface area contributed by atoms with Crippen LogP contribution in [0, 0.1) is 0 Å². The van der Waals surface area contributed by atoms with E-state index in [9.17, 15) is 9.59 Å². The first-order chi connectivity index (χ1) is 9.59. The summed E-state index contributed by atoms with van der Waals surface area (Å²) in [5, 5.41) is 9.02. The number of piperidine rings is 1. The molecule has 2 amide bonds. The lowest BCUT2D eigenvalue weighted by Crippen LogP contribution is -2.53. The maximum absolute atomic E-state index is 12.8. The minimum Gasteiger partial charge on any atom is -0.481 e. The van der Waals surface area contributed by atoms with Crippen molar-refractivity contribution in [2.45, 2.75) is 70.4 Å². The molecular formula is C15H26N2O3. The van der Waals surface area contributed by atoms with Gasteiger partial charge < -0.3 is 14.9 Å². The van der Waals surface area contributed by atoms with Crippen LogP contribution in [0.3, 0.4) is 0 Å². The number of carboxylic acids is 1. The van der Waals surface area contributed by atoms with Crippen LogP contribution in [-0.2, 0) is 4.79 Å². The van der Waals surface area contributed by atoms with Gasteiger partial charge in [0, 0.05) is 25.2 Å². The van der Waals surface area contributed by atoms with Gasteiger partial charge in [-0.3, -0.25) is 4.79 Å². The lowest BCUT2D eigenvalue weighted by Gasteiger charge is -2.40. The highest BCUT2D eigenvalue weighted by molar-refractivity contribution is 5.76. The van der Waals surface area contributed by atoms with Crippen LogP contribution in [0.25, 0.3) is 0 Å². The van der Waals surface area contributed by atoms with Crippen LogP contribution in [0.15, 0.2) is 0 Å². The van der Waals surface area contributed by atoms with E-state index in [2.05, 4.69) is 6.92 Å². The molecular weight excluding hydrogens is 256 g/mol. The number of likely N-dealkylation sites (tertiary alicyclic amines) is 2. The van der Waals surface area contributed by atoms with Crippen molar-refractivity contribution < 1.29 is 14.7 Å². The highest BCUT2D eigenvalue weighted by atomic mass is 16.4. The van der Waals surface area contributed by atoms with Crippen LogP contribution in [-0.4, -0.2) is 52.1 Å². The zero-order chi connectivity index (χ0) is 14.5. The fourth-order valence-corrected chi connectivity index (χ4v) is 3.39. The number of carbonyl (C=O) groups excluding carboxylic acids is 1. The summed E-state index contributed by atoms with van der Waals surface area (Å²) >= 11 is 0.